The minimum Gasteiger partial charge on any atom is -0.363 e. The van der Waals surface area contributed by atoms with Gasteiger partial charge in [-0.2, -0.15) is 13.2 Å². The number of nitro groups is 1. The van der Waals surface area contributed by atoms with Crippen molar-refractivity contribution in [2.45, 2.75) is 24.2 Å². The summed E-state index contributed by atoms with van der Waals surface area (Å²) in [5, 5.41) is 23.0. The van der Waals surface area contributed by atoms with Crippen LogP contribution in [-0.2, 0) is 4.79 Å². The summed E-state index contributed by atoms with van der Waals surface area (Å²) in [5.41, 5.74) is -4.35. The highest BCUT2D eigenvalue weighted by molar-refractivity contribution is 6.00. The number of nitrogens with zero attached hydrogens (tertiary/aromatic N) is 1. The second kappa shape index (κ2) is 7.28. The molecule has 1 saturated heterocycles. The number of non-ortho nitro benzene ring substituents is 1. The highest BCUT2D eigenvalue weighted by Crippen LogP contribution is 2.47. The number of Topliss-reactive ketones (excluding diaryl/α,β-unsaturated/α-hetero) is 1. The average molecular weight is 408 g/mol. The number of hydrogen-bond donors (Lipinski definition) is 2. The average Bonchev–Trinajstić information content (AvgIpc) is 2.67. The lowest BCUT2D eigenvalue weighted by Crippen LogP contribution is -2.69. The summed E-state index contributed by atoms with van der Waals surface area (Å²) in [6, 6.07) is 11.7. The van der Waals surface area contributed by atoms with Gasteiger partial charge in [0.2, 0.25) is 11.6 Å². The molecule has 0 radical (unpaired) electrons. The van der Waals surface area contributed by atoms with Crippen LogP contribution in [-0.4, -0.2) is 33.6 Å². The van der Waals surface area contributed by atoms with Crippen LogP contribution >= 0.6 is 0 Å². The lowest BCUT2D eigenvalue weighted by molar-refractivity contribution is -0.385. The molecule has 7 nitrogen and oxygen atoms in total. The minimum atomic E-state index is -5.36. The van der Waals surface area contributed by atoms with E-state index in [-0.39, 0.29) is 11.1 Å². The smallest absolute Gasteiger partial charge is 0.363 e. The van der Waals surface area contributed by atoms with E-state index in [0.29, 0.717) is 0 Å². The molecule has 1 amide bonds. The Bertz CT molecular complexity index is 964. The molecule has 3 atom stereocenters. The molecule has 10 heteroatoms. The third kappa shape index (κ3) is 3.70. The van der Waals surface area contributed by atoms with Crippen LogP contribution in [0.2, 0.25) is 0 Å². The van der Waals surface area contributed by atoms with Crippen molar-refractivity contribution in [3.8, 4) is 0 Å². The Labute approximate surface area is 162 Å². The summed E-state index contributed by atoms with van der Waals surface area (Å²) < 4.78 is 41.4. The van der Waals surface area contributed by atoms with Gasteiger partial charge in [-0.15, -0.1) is 0 Å². The monoisotopic (exact) mass is 408 g/mol. The SMILES string of the molecule is O=C1C[C@H](c2cccc([N+](=O)[O-])c2)[C@H](C(=O)c2ccccc2)[C@@](O)(C(F)(F)F)N1. The van der Waals surface area contributed by atoms with E-state index in [1.165, 1.54) is 41.7 Å². The van der Waals surface area contributed by atoms with Crippen LogP contribution in [0.3, 0.4) is 0 Å². The molecular weight excluding hydrogens is 393 g/mol. The highest BCUT2D eigenvalue weighted by Gasteiger charge is 2.66. The number of piperidine rings is 1. The molecule has 0 bridgehead atoms. The Balaban J connectivity index is 2.18. The number of carbonyl (C=O) groups excluding carboxylic acids is 2. The molecule has 0 saturated carbocycles. The van der Waals surface area contributed by atoms with Gasteiger partial charge < -0.3 is 10.4 Å². The Kier molecular flexibility index (Phi) is 5.14. The standard InChI is InChI=1S/C19H15F3N2O5/c20-19(21,22)18(27)16(17(26)11-5-2-1-3-6-11)14(10-15(25)23-18)12-7-4-8-13(9-12)24(28)29/h1-9,14,16,27H,10H2,(H,23,25)/t14-,16-,18-/m1/s1. The fourth-order valence-corrected chi connectivity index (χ4v) is 3.53. The van der Waals surface area contributed by atoms with Gasteiger partial charge >= 0.3 is 6.18 Å². The molecule has 1 fully saturated rings. The summed E-state index contributed by atoms with van der Waals surface area (Å²) in [4.78, 5) is 35.4. The quantitative estimate of drug-likeness (QED) is 0.459. The van der Waals surface area contributed by atoms with E-state index >= 15 is 0 Å². The Morgan fingerprint density at radius 2 is 1.83 bits per heavy atom. The summed E-state index contributed by atoms with van der Waals surface area (Å²) in [6.07, 6.45) is -5.92. The van der Waals surface area contributed by atoms with Crippen LogP contribution in [0.1, 0.15) is 28.3 Å². The molecule has 0 unspecified atom stereocenters. The van der Waals surface area contributed by atoms with Gasteiger partial charge in [0, 0.05) is 30.0 Å². The number of hydrogen-bond acceptors (Lipinski definition) is 5. The van der Waals surface area contributed by atoms with Crippen molar-refractivity contribution in [1.82, 2.24) is 5.32 Å². The number of amides is 1. The van der Waals surface area contributed by atoms with Crippen molar-refractivity contribution >= 4 is 17.4 Å². The van der Waals surface area contributed by atoms with E-state index in [2.05, 4.69) is 0 Å². The number of carbonyl (C=O) groups is 2. The van der Waals surface area contributed by atoms with Crippen LogP contribution in [0.4, 0.5) is 18.9 Å². The first-order valence-corrected chi connectivity index (χ1v) is 8.48. The Morgan fingerprint density at radius 3 is 2.41 bits per heavy atom. The van der Waals surface area contributed by atoms with Crippen molar-refractivity contribution in [3.05, 3.63) is 75.8 Å². The normalized spacial score (nSPS) is 24.6. The number of benzene rings is 2. The van der Waals surface area contributed by atoms with Gasteiger partial charge in [0.15, 0.2) is 5.78 Å². The fourth-order valence-electron chi connectivity index (χ4n) is 3.53. The van der Waals surface area contributed by atoms with Crippen molar-refractivity contribution < 1.29 is 32.8 Å². The van der Waals surface area contributed by atoms with Crippen LogP contribution in [0.5, 0.6) is 0 Å². The number of nitrogens with one attached hydrogen (secondary N) is 1. The molecular formula is C19H15F3N2O5. The number of alkyl halides is 3. The molecule has 1 aliphatic rings. The van der Waals surface area contributed by atoms with Crippen molar-refractivity contribution in [1.29, 1.82) is 0 Å². The van der Waals surface area contributed by atoms with Gasteiger partial charge in [0.05, 0.1) is 10.8 Å². The molecule has 29 heavy (non-hydrogen) atoms. The maximum Gasteiger partial charge on any atom is 0.437 e. The van der Waals surface area contributed by atoms with E-state index < -0.39 is 52.5 Å². The van der Waals surface area contributed by atoms with E-state index in [1.54, 1.807) is 6.07 Å². The Hall–Kier alpha value is -3.27. The topological polar surface area (TPSA) is 110 Å². The number of rotatable bonds is 4. The molecule has 0 spiro atoms. The molecule has 0 aliphatic carbocycles. The maximum absolute atomic E-state index is 13.8. The predicted octanol–water partition coefficient (Wildman–Crippen LogP) is 2.95. The zero-order chi connectivity index (χ0) is 21.4. The number of halogens is 3. The summed E-state index contributed by atoms with van der Waals surface area (Å²) in [5.74, 6) is -5.73. The number of ketones is 1. The maximum atomic E-state index is 13.8. The second-order valence-corrected chi connectivity index (χ2v) is 6.68. The van der Waals surface area contributed by atoms with Crippen LogP contribution in [0.15, 0.2) is 54.6 Å². The zero-order valence-corrected chi connectivity index (χ0v) is 14.7. The first-order valence-electron chi connectivity index (χ1n) is 8.48. The van der Waals surface area contributed by atoms with Gasteiger partial charge in [-0.05, 0) is 5.56 Å². The lowest BCUT2D eigenvalue weighted by Gasteiger charge is -2.44. The first kappa shape index (κ1) is 20.5. The molecule has 2 N–H and O–H groups in total. The van der Waals surface area contributed by atoms with Crippen molar-refractivity contribution in [3.63, 3.8) is 0 Å². The first-order chi connectivity index (χ1) is 13.5. The van der Waals surface area contributed by atoms with Gasteiger partial charge in [-0.1, -0.05) is 42.5 Å². The zero-order valence-electron chi connectivity index (χ0n) is 14.7. The van der Waals surface area contributed by atoms with E-state index in [4.69, 9.17) is 0 Å². The third-order valence-electron chi connectivity index (χ3n) is 4.87. The van der Waals surface area contributed by atoms with Crippen LogP contribution in [0, 0.1) is 16.0 Å². The molecule has 2 aromatic rings. The molecule has 152 valence electrons. The molecule has 1 aliphatic heterocycles. The van der Waals surface area contributed by atoms with Gasteiger partial charge in [0.1, 0.15) is 0 Å². The highest BCUT2D eigenvalue weighted by atomic mass is 19.4. The lowest BCUT2D eigenvalue weighted by atomic mass is 9.70. The molecule has 2 aromatic carbocycles. The van der Waals surface area contributed by atoms with Crippen LogP contribution in [0.25, 0.3) is 0 Å². The minimum absolute atomic E-state index is 0.0222. The molecule has 0 aromatic heterocycles. The molecule has 1 heterocycles. The predicted molar refractivity (Wildman–Crippen MR) is 93.9 cm³/mol. The Morgan fingerprint density at radius 1 is 1.17 bits per heavy atom. The van der Waals surface area contributed by atoms with E-state index in [9.17, 15) is 38.0 Å². The third-order valence-corrected chi connectivity index (χ3v) is 4.87. The fraction of sp³-hybridized carbons (Fsp3) is 0.263. The van der Waals surface area contributed by atoms with Crippen LogP contribution < -0.4 is 5.32 Å². The van der Waals surface area contributed by atoms with Crippen molar-refractivity contribution in [2.24, 2.45) is 5.92 Å². The number of aliphatic hydroxyl groups is 1. The van der Waals surface area contributed by atoms with Gasteiger partial charge in [0.25, 0.3) is 5.69 Å². The molecule has 3 rings (SSSR count). The van der Waals surface area contributed by atoms with E-state index in [0.717, 1.165) is 12.1 Å². The van der Waals surface area contributed by atoms with Crippen molar-refractivity contribution in [2.75, 3.05) is 0 Å². The summed E-state index contributed by atoms with van der Waals surface area (Å²) >= 11 is 0. The number of nitro benzene ring substituents is 1. The summed E-state index contributed by atoms with van der Waals surface area (Å²) in [6.45, 7) is 0. The largest absolute Gasteiger partial charge is 0.437 e. The van der Waals surface area contributed by atoms with Gasteiger partial charge in [-0.25, -0.2) is 0 Å². The van der Waals surface area contributed by atoms with E-state index in [1.807, 2.05) is 0 Å². The summed E-state index contributed by atoms with van der Waals surface area (Å²) in [7, 11) is 0. The van der Waals surface area contributed by atoms with Gasteiger partial charge in [-0.3, -0.25) is 19.7 Å². The second-order valence-electron chi connectivity index (χ2n) is 6.68.